The van der Waals surface area contributed by atoms with E-state index >= 15 is 0 Å². The molecule has 0 fully saturated rings. The number of fused-ring (bicyclic) bond motifs is 1. The van der Waals surface area contributed by atoms with Crippen LogP contribution in [0.25, 0.3) is 11.0 Å². The topological polar surface area (TPSA) is 99.2 Å². The van der Waals surface area contributed by atoms with Crippen molar-refractivity contribution in [2.24, 2.45) is 7.05 Å². The van der Waals surface area contributed by atoms with Crippen LogP contribution in [-0.2, 0) is 31.2 Å². The van der Waals surface area contributed by atoms with Gasteiger partial charge in [0.05, 0.1) is 5.69 Å². The zero-order valence-corrected chi connectivity index (χ0v) is 19.5. The summed E-state index contributed by atoms with van der Waals surface area (Å²) in [6.07, 6.45) is 3.67. The average Bonchev–Trinajstić information content (AvgIpc) is 3.06. The standard InChI is InChI=1S/C24H32N4O4/c1-6-9-19-20-21(27(5)26-19)22(29)28(16(3)25-20)15-8-10-17-11-13-18(14-12-17)32-24(4,7-2)23(30)31/h11-14H,6-10,15H2,1-5H3,(H,30,31). The Morgan fingerprint density at radius 1 is 1.19 bits per heavy atom. The lowest BCUT2D eigenvalue weighted by Gasteiger charge is -2.24. The van der Waals surface area contributed by atoms with E-state index in [-0.39, 0.29) is 5.56 Å². The minimum atomic E-state index is -1.24. The Balaban J connectivity index is 1.70. The Bertz CT molecular complexity index is 1160. The zero-order chi connectivity index (χ0) is 23.5. The molecule has 0 aliphatic carbocycles. The first-order valence-corrected chi connectivity index (χ1v) is 11.1. The van der Waals surface area contributed by atoms with Gasteiger partial charge >= 0.3 is 5.97 Å². The summed E-state index contributed by atoms with van der Waals surface area (Å²) in [5.41, 5.74) is 1.94. The maximum absolute atomic E-state index is 13.1. The Morgan fingerprint density at radius 3 is 2.47 bits per heavy atom. The van der Waals surface area contributed by atoms with Crippen LogP contribution in [0, 0.1) is 6.92 Å². The van der Waals surface area contributed by atoms with Crippen LogP contribution in [0.1, 0.15) is 57.1 Å². The van der Waals surface area contributed by atoms with Crippen LogP contribution in [0.2, 0.25) is 0 Å². The summed E-state index contributed by atoms with van der Waals surface area (Å²) in [4.78, 5) is 29.2. The number of benzene rings is 1. The molecule has 0 saturated heterocycles. The summed E-state index contributed by atoms with van der Waals surface area (Å²) in [7, 11) is 1.79. The highest BCUT2D eigenvalue weighted by Gasteiger charge is 2.33. The van der Waals surface area contributed by atoms with E-state index in [0.29, 0.717) is 35.6 Å². The Hall–Kier alpha value is -3.16. The lowest BCUT2D eigenvalue weighted by atomic mass is 10.0. The van der Waals surface area contributed by atoms with Gasteiger partial charge in [-0.25, -0.2) is 9.78 Å². The van der Waals surface area contributed by atoms with Crippen molar-refractivity contribution in [3.8, 4) is 5.75 Å². The summed E-state index contributed by atoms with van der Waals surface area (Å²) in [5, 5.41) is 13.9. The number of rotatable bonds is 10. The van der Waals surface area contributed by atoms with Gasteiger partial charge in [-0.1, -0.05) is 32.4 Å². The number of carboxylic acids is 1. The molecule has 8 nitrogen and oxygen atoms in total. The quantitative estimate of drug-likeness (QED) is 0.517. The van der Waals surface area contributed by atoms with Gasteiger partial charge in [0, 0.05) is 13.6 Å². The van der Waals surface area contributed by atoms with Crippen LogP contribution >= 0.6 is 0 Å². The third-order valence-corrected chi connectivity index (χ3v) is 5.93. The second-order valence-corrected chi connectivity index (χ2v) is 8.37. The van der Waals surface area contributed by atoms with Crippen molar-refractivity contribution in [3.63, 3.8) is 0 Å². The first kappa shape index (κ1) is 23.5. The number of aliphatic carboxylic acids is 1. The van der Waals surface area contributed by atoms with Crippen LogP contribution in [0.3, 0.4) is 0 Å². The molecule has 1 N–H and O–H groups in total. The van der Waals surface area contributed by atoms with Crippen molar-refractivity contribution in [2.75, 3.05) is 0 Å². The number of hydrogen-bond donors (Lipinski definition) is 1. The van der Waals surface area contributed by atoms with Gasteiger partial charge in [0.25, 0.3) is 5.56 Å². The summed E-state index contributed by atoms with van der Waals surface area (Å²) in [6, 6.07) is 7.45. The minimum absolute atomic E-state index is 0.0545. The first-order chi connectivity index (χ1) is 15.2. The van der Waals surface area contributed by atoms with Gasteiger partial charge in [-0.15, -0.1) is 0 Å². The van der Waals surface area contributed by atoms with Crippen molar-refractivity contribution < 1.29 is 14.6 Å². The molecular formula is C24H32N4O4. The van der Waals surface area contributed by atoms with E-state index in [1.165, 1.54) is 0 Å². The molecule has 0 radical (unpaired) electrons. The maximum Gasteiger partial charge on any atom is 0.347 e. The number of nitrogens with zero attached hydrogens (tertiary/aromatic N) is 4. The van der Waals surface area contributed by atoms with Gasteiger partial charge in [-0.05, 0) is 57.2 Å². The molecular weight excluding hydrogens is 408 g/mol. The number of carboxylic acid groups (broad SMARTS) is 1. The van der Waals surface area contributed by atoms with E-state index in [4.69, 9.17) is 4.74 Å². The average molecular weight is 441 g/mol. The van der Waals surface area contributed by atoms with Gasteiger partial charge in [0.1, 0.15) is 17.1 Å². The molecule has 0 aliphatic heterocycles. The van der Waals surface area contributed by atoms with Gasteiger partial charge in [0.15, 0.2) is 5.52 Å². The van der Waals surface area contributed by atoms with E-state index in [1.54, 1.807) is 42.3 Å². The number of aryl methyl sites for hydroxylation is 4. The van der Waals surface area contributed by atoms with Crippen molar-refractivity contribution >= 4 is 17.0 Å². The van der Waals surface area contributed by atoms with Gasteiger partial charge in [-0.3, -0.25) is 14.0 Å². The van der Waals surface area contributed by atoms with Gasteiger partial charge in [-0.2, -0.15) is 5.10 Å². The fraction of sp³-hybridized carbons (Fsp3) is 0.500. The first-order valence-electron chi connectivity index (χ1n) is 11.1. The maximum atomic E-state index is 13.1. The number of hydrogen-bond acceptors (Lipinski definition) is 5. The monoisotopic (exact) mass is 440 g/mol. The fourth-order valence-electron chi connectivity index (χ4n) is 3.78. The van der Waals surface area contributed by atoms with E-state index in [9.17, 15) is 14.7 Å². The predicted molar refractivity (Wildman–Crippen MR) is 123 cm³/mol. The van der Waals surface area contributed by atoms with Crippen LogP contribution < -0.4 is 10.3 Å². The second-order valence-electron chi connectivity index (χ2n) is 8.37. The Morgan fingerprint density at radius 2 is 1.88 bits per heavy atom. The molecule has 2 heterocycles. The summed E-state index contributed by atoms with van der Waals surface area (Å²) in [6.45, 7) is 7.87. The van der Waals surface area contributed by atoms with Crippen molar-refractivity contribution in [1.29, 1.82) is 0 Å². The van der Waals surface area contributed by atoms with Crippen molar-refractivity contribution in [3.05, 3.63) is 51.7 Å². The predicted octanol–water partition coefficient (Wildman–Crippen LogP) is 3.66. The lowest BCUT2D eigenvalue weighted by Crippen LogP contribution is -2.40. The zero-order valence-electron chi connectivity index (χ0n) is 19.5. The van der Waals surface area contributed by atoms with Gasteiger partial charge in [0.2, 0.25) is 5.60 Å². The molecule has 1 aromatic carbocycles. The Labute approximate surface area is 187 Å². The highest BCUT2D eigenvalue weighted by Crippen LogP contribution is 2.22. The molecule has 0 amide bonds. The molecule has 3 rings (SSSR count). The van der Waals surface area contributed by atoms with E-state index in [0.717, 1.165) is 36.9 Å². The van der Waals surface area contributed by atoms with Crippen LogP contribution in [0.15, 0.2) is 29.1 Å². The molecule has 172 valence electrons. The molecule has 8 heteroatoms. The van der Waals surface area contributed by atoms with Gasteiger partial charge < -0.3 is 9.84 Å². The van der Waals surface area contributed by atoms with Crippen LogP contribution in [0.5, 0.6) is 5.75 Å². The highest BCUT2D eigenvalue weighted by molar-refractivity contribution is 5.77. The normalized spacial score (nSPS) is 13.3. The third-order valence-electron chi connectivity index (χ3n) is 5.93. The molecule has 0 saturated carbocycles. The number of ether oxygens (including phenoxy) is 1. The molecule has 1 unspecified atom stereocenters. The number of carbonyl (C=O) groups is 1. The minimum Gasteiger partial charge on any atom is -0.478 e. The number of aromatic nitrogens is 4. The van der Waals surface area contributed by atoms with Crippen LogP contribution in [0.4, 0.5) is 0 Å². The summed E-state index contributed by atoms with van der Waals surface area (Å²) >= 11 is 0. The van der Waals surface area contributed by atoms with Crippen molar-refractivity contribution in [1.82, 2.24) is 19.3 Å². The fourth-order valence-corrected chi connectivity index (χ4v) is 3.78. The molecule has 0 aliphatic rings. The largest absolute Gasteiger partial charge is 0.478 e. The smallest absolute Gasteiger partial charge is 0.347 e. The second kappa shape index (κ2) is 9.54. The molecule has 3 aromatic rings. The van der Waals surface area contributed by atoms with Crippen molar-refractivity contribution in [2.45, 2.75) is 71.9 Å². The van der Waals surface area contributed by atoms with E-state index in [2.05, 4.69) is 17.0 Å². The van der Waals surface area contributed by atoms with Crippen LogP contribution in [-0.4, -0.2) is 36.0 Å². The molecule has 2 aromatic heterocycles. The molecule has 0 spiro atoms. The molecule has 0 bridgehead atoms. The third kappa shape index (κ3) is 4.69. The lowest BCUT2D eigenvalue weighted by molar-refractivity contribution is -0.154. The molecule has 32 heavy (non-hydrogen) atoms. The summed E-state index contributed by atoms with van der Waals surface area (Å²) < 4.78 is 9.05. The highest BCUT2D eigenvalue weighted by atomic mass is 16.5. The Kier molecular flexibility index (Phi) is 7.01. The summed E-state index contributed by atoms with van der Waals surface area (Å²) in [5.74, 6) is 0.246. The van der Waals surface area contributed by atoms with E-state index in [1.807, 2.05) is 19.1 Å². The van der Waals surface area contributed by atoms with E-state index < -0.39 is 11.6 Å². The molecule has 1 atom stereocenters. The SMILES string of the molecule is CCCc1nn(C)c2c(=O)n(CCCc3ccc(OC(C)(CC)C(=O)O)cc3)c(C)nc12.